The van der Waals surface area contributed by atoms with Gasteiger partial charge in [0.2, 0.25) is 0 Å². The number of carbonyl (C=O) groups excluding carboxylic acids is 1. The third-order valence-corrected chi connectivity index (χ3v) is 6.32. The Hall–Kier alpha value is -2.90. The van der Waals surface area contributed by atoms with Gasteiger partial charge in [0.05, 0.1) is 16.8 Å². The summed E-state index contributed by atoms with van der Waals surface area (Å²) in [4.78, 5) is 20.0. The van der Waals surface area contributed by atoms with Crippen LogP contribution in [0.3, 0.4) is 0 Å². The number of thiazole rings is 1. The van der Waals surface area contributed by atoms with Gasteiger partial charge in [-0.25, -0.2) is 4.98 Å². The van der Waals surface area contributed by atoms with Crippen molar-refractivity contribution in [3.8, 4) is 11.5 Å². The Morgan fingerprint density at radius 3 is 2.63 bits per heavy atom. The second-order valence-electron chi connectivity index (χ2n) is 6.84. The number of aromatic nitrogens is 1. The molecule has 1 amide bonds. The van der Waals surface area contributed by atoms with E-state index in [4.69, 9.17) is 14.5 Å². The van der Waals surface area contributed by atoms with Crippen LogP contribution in [0.25, 0.3) is 10.2 Å². The molecule has 0 saturated carbocycles. The summed E-state index contributed by atoms with van der Waals surface area (Å²) in [6, 6.07) is 21.2. The number of hydrogen-bond donors (Lipinski definition) is 0. The molecule has 30 heavy (non-hydrogen) atoms. The molecule has 0 radical (unpaired) electrons. The second kappa shape index (κ2) is 8.08. The van der Waals surface area contributed by atoms with Gasteiger partial charge in [-0.1, -0.05) is 57.6 Å². The summed E-state index contributed by atoms with van der Waals surface area (Å²) in [6.07, 6.45) is 0. The standard InChI is InChI=1S/C23H17BrN2O3S/c24-17-7-8-18-21(13-17)30-23(25-18)26(14-15-4-2-1-3-5-15)22(27)16-6-9-19-20(12-16)29-11-10-28-19/h1-9,12-13H,10-11,14H2. The normalized spacial score (nSPS) is 12.7. The molecular weight excluding hydrogens is 464 g/mol. The average Bonchev–Trinajstić information content (AvgIpc) is 3.20. The number of nitrogens with zero attached hydrogens (tertiary/aromatic N) is 2. The third-order valence-electron chi connectivity index (χ3n) is 4.79. The van der Waals surface area contributed by atoms with Gasteiger partial charge in [0, 0.05) is 10.0 Å². The Bertz CT molecular complexity index is 1230. The number of amides is 1. The fourth-order valence-electron chi connectivity index (χ4n) is 3.33. The lowest BCUT2D eigenvalue weighted by Crippen LogP contribution is -2.30. The SMILES string of the molecule is O=C(c1ccc2c(c1)OCCO2)N(Cc1ccccc1)c1nc2ccc(Br)cc2s1. The molecule has 7 heteroatoms. The monoisotopic (exact) mass is 480 g/mol. The summed E-state index contributed by atoms with van der Waals surface area (Å²) < 4.78 is 13.3. The predicted octanol–water partition coefficient (Wildman–Crippen LogP) is 5.68. The van der Waals surface area contributed by atoms with Gasteiger partial charge in [0.25, 0.3) is 5.91 Å². The van der Waals surface area contributed by atoms with Crippen LogP contribution in [0, 0.1) is 0 Å². The first-order valence-electron chi connectivity index (χ1n) is 9.49. The van der Waals surface area contributed by atoms with Crippen LogP contribution in [-0.2, 0) is 6.54 Å². The summed E-state index contributed by atoms with van der Waals surface area (Å²) in [7, 11) is 0. The fourth-order valence-corrected chi connectivity index (χ4v) is 4.84. The maximum Gasteiger partial charge on any atom is 0.260 e. The number of ether oxygens (including phenoxy) is 2. The molecule has 0 saturated heterocycles. The highest BCUT2D eigenvalue weighted by molar-refractivity contribution is 9.10. The summed E-state index contributed by atoms with van der Waals surface area (Å²) >= 11 is 5.00. The maximum atomic E-state index is 13.6. The molecule has 0 N–H and O–H groups in total. The Morgan fingerprint density at radius 2 is 1.80 bits per heavy atom. The Kier molecular flexibility index (Phi) is 5.14. The molecule has 150 valence electrons. The third kappa shape index (κ3) is 3.78. The van der Waals surface area contributed by atoms with Gasteiger partial charge in [0.15, 0.2) is 16.6 Å². The van der Waals surface area contributed by atoms with E-state index < -0.39 is 0 Å². The molecule has 5 rings (SSSR count). The van der Waals surface area contributed by atoms with Gasteiger partial charge in [-0.3, -0.25) is 9.69 Å². The quantitative estimate of drug-likeness (QED) is 0.377. The molecule has 0 aliphatic carbocycles. The number of carbonyl (C=O) groups is 1. The molecular formula is C23H17BrN2O3S. The van der Waals surface area contributed by atoms with Gasteiger partial charge in [-0.2, -0.15) is 0 Å². The van der Waals surface area contributed by atoms with Crippen LogP contribution >= 0.6 is 27.3 Å². The molecule has 1 aromatic heterocycles. The van der Waals surface area contributed by atoms with Gasteiger partial charge in [-0.15, -0.1) is 0 Å². The maximum absolute atomic E-state index is 13.6. The van der Waals surface area contributed by atoms with E-state index in [9.17, 15) is 4.79 Å². The number of anilines is 1. The topological polar surface area (TPSA) is 51.7 Å². The van der Waals surface area contributed by atoms with Crippen molar-refractivity contribution in [2.75, 3.05) is 18.1 Å². The van der Waals surface area contributed by atoms with Gasteiger partial charge in [-0.05, 0) is 42.0 Å². The summed E-state index contributed by atoms with van der Waals surface area (Å²) in [6.45, 7) is 1.42. The second-order valence-corrected chi connectivity index (χ2v) is 8.77. The van der Waals surface area contributed by atoms with E-state index in [0.717, 1.165) is 20.3 Å². The van der Waals surface area contributed by atoms with E-state index in [-0.39, 0.29) is 5.91 Å². The smallest absolute Gasteiger partial charge is 0.260 e. The summed E-state index contributed by atoms with van der Waals surface area (Å²) in [5, 5.41) is 0.659. The lowest BCUT2D eigenvalue weighted by molar-refractivity contribution is 0.0984. The number of benzene rings is 3. The van der Waals surface area contributed by atoms with Crippen molar-refractivity contribution in [3.05, 3.63) is 82.3 Å². The zero-order chi connectivity index (χ0) is 20.5. The molecule has 3 aromatic carbocycles. The highest BCUT2D eigenvalue weighted by Crippen LogP contribution is 2.35. The number of hydrogen-bond acceptors (Lipinski definition) is 5. The van der Waals surface area contributed by atoms with Crippen LogP contribution in [0.2, 0.25) is 0 Å². The highest BCUT2D eigenvalue weighted by atomic mass is 79.9. The van der Waals surface area contributed by atoms with Crippen molar-refractivity contribution in [2.24, 2.45) is 0 Å². The van der Waals surface area contributed by atoms with Crippen molar-refractivity contribution >= 4 is 48.5 Å². The predicted molar refractivity (Wildman–Crippen MR) is 122 cm³/mol. The first kappa shape index (κ1) is 19.1. The van der Waals surface area contributed by atoms with Crippen molar-refractivity contribution < 1.29 is 14.3 Å². The molecule has 1 aliphatic rings. The zero-order valence-corrected chi connectivity index (χ0v) is 18.3. The lowest BCUT2D eigenvalue weighted by Gasteiger charge is -2.22. The Balaban J connectivity index is 1.55. The van der Waals surface area contributed by atoms with Crippen LogP contribution in [-0.4, -0.2) is 24.1 Å². The number of halogens is 1. The molecule has 1 aliphatic heterocycles. The van der Waals surface area contributed by atoms with Crippen LogP contribution in [0.1, 0.15) is 15.9 Å². The van der Waals surface area contributed by atoms with Crippen LogP contribution in [0.15, 0.2) is 71.2 Å². The van der Waals surface area contributed by atoms with Gasteiger partial charge in [0.1, 0.15) is 13.2 Å². The van der Waals surface area contributed by atoms with E-state index in [1.165, 1.54) is 11.3 Å². The zero-order valence-electron chi connectivity index (χ0n) is 15.9. The Morgan fingerprint density at radius 1 is 1.00 bits per heavy atom. The van der Waals surface area contributed by atoms with E-state index in [0.29, 0.717) is 42.0 Å². The van der Waals surface area contributed by atoms with E-state index >= 15 is 0 Å². The number of rotatable bonds is 4. The molecule has 0 spiro atoms. The largest absolute Gasteiger partial charge is 0.486 e. The highest BCUT2D eigenvalue weighted by Gasteiger charge is 2.24. The average molecular weight is 481 g/mol. The Labute approximate surface area is 186 Å². The minimum atomic E-state index is -0.131. The molecule has 4 aromatic rings. The lowest BCUT2D eigenvalue weighted by atomic mass is 10.1. The van der Waals surface area contributed by atoms with Crippen molar-refractivity contribution in [1.82, 2.24) is 4.98 Å². The minimum absolute atomic E-state index is 0.131. The van der Waals surface area contributed by atoms with Crippen LogP contribution < -0.4 is 14.4 Å². The first-order chi connectivity index (χ1) is 14.7. The van der Waals surface area contributed by atoms with Crippen molar-refractivity contribution in [1.29, 1.82) is 0 Å². The molecule has 0 unspecified atom stereocenters. The van der Waals surface area contributed by atoms with Crippen molar-refractivity contribution in [2.45, 2.75) is 6.54 Å². The molecule has 0 fully saturated rings. The van der Waals surface area contributed by atoms with Gasteiger partial charge >= 0.3 is 0 Å². The number of fused-ring (bicyclic) bond motifs is 2. The van der Waals surface area contributed by atoms with Crippen molar-refractivity contribution in [3.63, 3.8) is 0 Å². The van der Waals surface area contributed by atoms with Crippen LogP contribution in [0.5, 0.6) is 11.5 Å². The van der Waals surface area contributed by atoms with E-state index in [1.54, 1.807) is 23.1 Å². The van der Waals surface area contributed by atoms with Crippen LogP contribution in [0.4, 0.5) is 5.13 Å². The molecule has 2 heterocycles. The van der Waals surface area contributed by atoms with E-state index in [1.807, 2.05) is 48.5 Å². The van der Waals surface area contributed by atoms with Gasteiger partial charge < -0.3 is 9.47 Å². The fraction of sp³-hybridized carbons (Fsp3) is 0.130. The molecule has 0 atom stereocenters. The first-order valence-corrected chi connectivity index (χ1v) is 11.1. The minimum Gasteiger partial charge on any atom is -0.486 e. The van der Waals surface area contributed by atoms with E-state index in [2.05, 4.69) is 15.9 Å². The summed E-state index contributed by atoms with van der Waals surface area (Å²) in [5.74, 6) is 1.13. The summed E-state index contributed by atoms with van der Waals surface area (Å²) in [5.41, 5.74) is 2.44. The molecule has 5 nitrogen and oxygen atoms in total. The molecule has 0 bridgehead atoms.